The van der Waals surface area contributed by atoms with Gasteiger partial charge in [0.15, 0.2) is 0 Å². The Morgan fingerprint density at radius 3 is 2.57 bits per heavy atom. The molecule has 0 N–H and O–H groups in total. The normalized spacial score (nSPS) is 8.71. The highest BCUT2D eigenvalue weighted by molar-refractivity contribution is 5.63. The summed E-state index contributed by atoms with van der Waals surface area (Å²) in [7, 11) is 2.00. The van der Waals surface area contributed by atoms with Gasteiger partial charge in [0.25, 0.3) is 0 Å². The second kappa shape index (κ2) is 6.88. The minimum absolute atomic E-state index is 0.111. The highest BCUT2D eigenvalue weighted by atomic mass is 16.4. The van der Waals surface area contributed by atoms with E-state index in [1.54, 1.807) is 0 Å². The van der Waals surface area contributed by atoms with Crippen LogP contribution in [0.1, 0.15) is 13.3 Å². The molecule has 0 saturated carbocycles. The molecule has 0 aromatic carbocycles. The van der Waals surface area contributed by atoms with Crippen molar-refractivity contribution in [1.29, 1.82) is 0 Å². The smallest absolute Gasteiger partial charge is 0.243 e. The topological polar surface area (TPSA) is 48.9 Å². The summed E-state index contributed by atoms with van der Waals surface area (Å²) in [5, 5.41) is 9.26. The van der Waals surface area contributed by atoms with Crippen molar-refractivity contribution < 1.29 is 14.5 Å². The molecular weight excluding hydrogens is 180 g/mol. The van der Waals surface area contributed by atoms with E-state index in [1.165, 1.54) is 6.92 Å². The van der Waals surface area contributed by atoms with Crippen molar-refractivity contribution in [2.75, 3.05) is 0 Å². The van der Waals surface area contributed by atoms with Gasteiger partial charge in [-0.15, -0.1) is 0 Å². The third-order valence-electron chi connectivity index (χ3n) is 1.45. The summed E-state index contributed by atoms with van der Waals surface area (Å²) < 4.78 is 4.07. The molecule has 14 heavy (non-hydrogen) atoms. The van der Waals surface area contributed by atoms with Crippen LogP contribution in [0.3, 0.4) is 0 Å². The van der Waals surface area contributed by atoms with Crippen LogP contribution >= 0.6 is 0 Å². The fraction of sp³-hybridized carbons (Fsp3) is 0.400. The van der Waals surface area contributed by atoms with Crippen LogP contribution < -0.4 is 9.67 Å². The summed E-state index contributed by atoms with van der Waals surface area (Å²) in [6.45, 7) is 6.06. The maximum atomic E-state index is 9.26. The van der Waals surface area contributed by atoms with Crippen molar-refractivity contribution in [2.24, 2.45) is 7.05 Å². The fourth-order valence-electron chi connectivity index (χ4n) is 0.759. The molecule has 1 aromatic heterocycles. The van der Waals surface area contributed by atoms with Gasteiger partial charge in [0.05, 0.1) is 7.05 Å². The molecule has 0 aliphatic carbocycles. The zero-order valence-corrected chi connectivity index (χ0v) is 8.64. The van der Waals surface area contributed by atoms with Crippen molar-refractivity contribution in [1.82, 2.24) is 4.57 Å². The first kappa shape index (κ1) is 12.4. The van der Waals surface area contributed by atoms with Gasteiger partial charge >= 0.3 is 0 Å². The molecule has 0 unspecified atom stereocenters. The number of allylic oxidation sites excluding steroid dienone is 1. The zero-order chi connectivity index (χ0) is 11.0. The number of nitrogens with zero attached hydrogens (tertiary/aromatic N) is 2. The van der Waals surface area contributed by atoms with Crippen molar-refractivity contribution in [2.45, 2.75) is 19.9 Å². The second-order valence-electron chi connectivity index (χ2n) is 2.79. The summed E-state index contributed by atoms with van der Waals surface area (Å²) in [6.07, 6.45) is 8.02. The van der Waals surface area contributed by atoms with Crippen molar-refractivity contribution >= 4 is 5.97 Å². The Hall–Kier alpha value is -1.58. The standard InChI is InChI=1S/C7H11N2.C3H6O2/c1-3-4-9-6-5-8(2)7-9;1-2-3(4)5/h3,5-7H,1,4H2,2H3;2H2,1H3,(H,4,5)/q+1;/p-1. The van der Waals surface area contributed by atoms with Crippen LogP contribution in [0.25, 0.3) is 0 Å². The van der Waals surface area contributed by atoms with E-state index in [9.17, 15) is 9.90 Å². The molecule has 1 aromatic rings. The zero-order valence-electron chi connectivity index (χ0n) is 8.64. The number of aryl methyl sites for hydroxylation is 1. The van der Waals surface area contributed by atoms with Crippen LogP contribution in [0.2, 0.25) is 0 Å². The number of carboxylic acids is 1. The maximum Gasteiger partial charge on any atom is 0.243 e. The Kier molecular flexibility index (Phi) is 6.11. The van der Waals surface area contributed by atoms with Crippen molar-refractivity contribution in [3.63, 3.8) is 0 Å². The molecule has 0 saturated heterocycles. The minimum atomic E-state index is -0.995. The van der Waals surface area contributed by atoms with Crippen LogP contribution in [-0.2, 0) is 18.4 Å². The van der Waals surface area contributed by atoms with Crippen molar-refractivity contribution in [3.05, 3.63) is 31.4 Å². The Labute approximate surface area is 84.1 Å². The number of rotatable bonds is 3. The molecule has 0 aliphatic heterocycles. The molecule has 0 radical (unpaired) electrons. The van der Waals surface area contributed by atoms with E-state index in [0.717, 1.165) is 6.54 Å². The first-order valence-corrected chi connectivity index (χ1v) is 4.41. The number of aliphatic carboxylic acids is 1. The Bertz CT molecular complexity index is 292. The van der Waals surface area contributed by atoms with Gasteiger partial charge in [0.2, 0.25) is 6.33 Å². The second-order valence-corrected chi connectivity index (χ2v) is 2.79. The van der Waals surface area contributed by atoms with Gasteiger partial charge in [-0.25, -0.2) is 9.13 Å². The number of hydrogen-bond acceptors (Lipinski definition) is 2. The van der Waals surface area contributed by atoms with Gasteiger partial charge < -0.3 is 9.90 Å². The van der Waals surface area contributed by atoms with Gasteiger partial charge in [-0.3, -0.25) is 0 Å². The van der Waals surface area contributed by atoms with Gasteiger partial charge in [0, 0.05) is 5.97 Å². The lowest BCUT2D eigenvalue weighted by atomic mass is 10.5. The van der Waals surface area contributed by atoms with Gasteiger partial charge in [-0.2, -0.15) is 0 Å². The molecular formula is C10H16N2O2. The van der Waals surface area contributed by atoms with E-state index in [-0.39, 0.29) is 6.42 Å². The van der Waals surface area contributed by atoms with Crippen LogP contribution in [-0.4, -0.2) is 10.5 Å². The summed E-state index contributed by atoms with van der Waals surface area (Å²) >= 11 is 0. The molecule has 0 atom stereocenters. The molecule has 0 aliphatic rings. The van der Waals surface area contributed by atoms with E-state index in [0.29, 0.717) is 0 Å². The van der Waals surface area contributed by atoms with E-state index in [1.807, 2.05) is 36.4 Å². The van der Waals surface area contributed by atoms with E-state index >= 15 is 0 Å². The third kappa shape index (κ3) is 5.99. The number of carbonyl (C=O) groups excluding carboxylic acids is 1. The van der Waals surface area contributed by atoms with E-state index in [2.05, 4.69) is 11.1 Å². The molecule has 1 heterocycles. The molecule has 0 amide bonds. The summed E-state index contributed by atoms with van der Waals surface area (Å²) in [5.74, 6) is -0.995. The Morgan fingerprint density at radius 1 is 1.71 bits per heavy atom. The number of imidazole rings is 1. The SMILES string of the molecule is C=CC[n+]1ccn(C)c1.CCC(=O)[O-]. The number of aromatic nitrogens is 2. The third-order valence-corrected chi connectivity index (χ3v) is 1.45. The lowest BCUT2D eigenvalue weighted by Gasteiger charge is -1.87. The molecule has 78 valence electrons. The minimum Gasteiger partial charge on any atom is -0.550 e. The monoisotopic (exact) mass is 196 g/mol. The molecule has 0 bridgehead atoms. The van der Waals surface area contributed by atoms with Gasteiger partial charge in [0.1, 0.15) is 18.9 Å². The van der Waals surface area contributed by atoms with Gasteiger partial charge in [-0.1, -0.05) is 19.6 Å². The lowest BCUT2D eigenvalue weighted by molar-refractivity contribution is -0.686. The van der Waals surface area contributed by atoms with Crippen LogP contribution in [0, 0.1) is 0 Å². The van der Waals surface area contributed by atoms with E-state index in [4.69, 9.17) is 0 Å². The lowest BCUT2D eigenvalue weighted by Crippen LogP contribution is -2.29. The summed E-state index contributed by atoms with van der Waals surface area (Å²) in [6, 6.07) is 0. The first-order chi connectivity index (χ1) is 6.60. The summed E-state index contributed by atoms with van der Waals surface area (Å²) in [4.78, 5) is 9.26. The highest BCUT2D eigenvalue weighted by Gasteiger charge is 1.93. The van der Waals surface area contributed by atoms with E-state index < -0.39 is 5.97 Å². The number of carbonyl (C=O) groups is 1. The fourth-order valence-corrected chi connectivity index (χ4v) is 0.759. The first-order valence-electron chi connectivity index (χ1n) is 4.41. The quantitative estimate of drug-likeness (QED) is 0.490. The maximum absolute atomic E-state index is 9.26. The Morgan fingerprint density at radius 2 is 2.29 bits per heavy atom. The van der Waals surface area contributed by atoms with Gasteiger partial charge in [-0.05, 0) is 6.42 Å². The average Bonchev–Trinajstić information content (AvgIpc) is 2.53. The van der Waals surface area contributed by atoms with Crippen LogP contribution in [0.15, 0.2) is 31.4 Å². The highest BCUT2D eigenvalue weighted by Crippen LogP contribution is 1.76. The number of carboxylic acid groups (broad SMARTS) is 1. The number of hydrogen-bond donors (Lipinski definition) is 0. The molecule has 4 nitrogen and oxygen atoms in total. The van der Waals surface area contributed by atoms with Crippen molar-refractivity contribution in [3.8, 4) is 0 Å². The molecule has 0 spiro atoms. The van der Waals surface area contributed by atoms with Crippen LogP contribution in [0.4, 0.5) is 0 Å². The summed E-state index contributed by atoms with van der Waals surface area (Å²) in [5.41, 5.74) is 0. The average molecular weight is 196 g/mol. The molecule has 0 fully saturated rings. The van der Waals surface area contributed by atoms with Crippen LogP contribution in [0.5, 0.6) is 0 Å². The molecule has 4 heteroatoms. The predicted octanol–water partition coefficient (Wildman–Crippen LogP) is -0.355. The molecule has 1 rings (SSSR count). The Balaban J connectivity index is 0.000000292. The largest absolute Gasteiger partial charge is 0.550 e. The predicted molar refractivity (Wildman–Crippen MR) is 51.1 cm³/mol.